The van der Waals surface area contributed by atoms with E-state index in [9.17, 15) is 4.79 Å². The van der Waals surface area contributed by atoms with Crippen LogP contribution in [-0.2, 0) is 0 Å². The zero-order chi connectivity index (χ0) is 10.0. The Labute approximate surface area is 93.8 Å². The van der Waals surface area contributed by atoms with Gasteiger partial charge in [-0.1, -0.05) is 11.6 Å². The molecule has 70 valence electrons. The molecule has 0 bridgehead atoms. The summed E-state index contributed by atoms with van der Waals surface area (Å²) in [6.45, 7) is 0. The maximum atomic E-state index is 10.7. The molecule has 5 heteroatoms. The van der Waals surface area contributed by atoms with Gasteiger partial charge in [0.05, 0.1) is 12.1 Å². The van der Waals surface area contributed by atoms with Gasteiger partial charge >= 0.3 is 5.97 Å². The van der Waals surface area contributed by atoms with E-state index in [2.05, 4.69) is 0 Å². The molecule has 0 aliphatic heterocycles. The summed E-state index contributed by atoms with van der Waals surface area (Å²) >= 11 is 7.75. The molecular formula is C8H6ClIO3. The van der Waals surface area contributed by atoms with Gasteiger partial charge in [0.15, 0.2) is 0 Å². The number of halogens is 2. The number of hydrogen-bond donors (Lipinski definition) is 1. The molecule has 13 heavy (non-hydrogen) atoms. The number of carboxylic acid groups (broad SMARTS) is 1. The van der Waals surface area contributed by atoms with E-state index in [0.29, 0.717) is 8.59 Å². The first-order valence-electron chi connectivity index (χ1n) is 3.32. The van der Waals surface area contributed by atoms with Gasteiger partial charge in [-0.05, 0) is 28.7 Å². The third kappa shape index (κ3) is 2.25. The predicted octanol–water partition coefficient (Wildman–Crippen LogP) is 2.65. The highest BCUT2D eigenvalue weighted by Gasteiger charge is 2.13. The molecule has 0 unspecified atom stereocenters. The molecule has 1 aromatic carbocycles. The van der Waals surface area contributed by atoms with Crippen molar-refractivity contribution in [3.05, 3.63) is 26.3 Å². The number of hydrogen-bond acceptors (Lipinski definition) is 2. The fourth-order valence-corrected chi connectivity index (χ4v) is 1.49. The molecule has 1 N–H and O–H groups in total. The van der Waals surface area contributed by atoms with Crippen molar-refractivity contribution in [3.8, 4) is 5.75 Å². The third-order valence-electron chi connectivity index (χ3n) is 1.47. The Balaban J connectivity index is 3.33. The second-order valence-corrected chi connectivity index (χ2v) is 3.84. The van der Waals surface area contributed by atoms with E-state index >= 15 is 0 Å². The largest absolute Gasteiger partial charge is 0.496 e. The molecule has 0 fully saturated rings. The number of rotatable bonds is 2. The maximum Gasteiger partial charge on any atom is 0.339 e. The second-order valence-electron chi connectivity index (χ2n) is 2.27. The molecule has 0 aliphatic rings. The van der Waals surface area contributed by atoms with Crippen molar-refractivity contribution in [2.75, 3.05) is 7.11 Å². The molecule has 0 atom stereocenters. The lowest BCUT2D eigenvalue weighted by molar-refractivity contribution is 0.0693. The number of carboxylic acids is 1. The molecule has 1 aromatic rings. The molecule has 0 aromatic heterocycles. The summed E-state index contributed by atoms with van der Waals surface area (Å²) in [6.07, 6.45) is 0. The molecular weight excluding hydrogens is 306 g/mol. The zero-order valence-corrected chi connectivity index (χ0v) is 9.59. The van der Waals surface area contributed by atoms with Crippen molar-refractivity contribution in [3.63, 3.8) is 0 Å². The average Bonchev–Trinajstić information content (AvgIpc) is 2.08. The van der Waals surface area contributed by atoms with E-state index in [1.54, 1.807) is 0 Å². The number of benzene rings is 1. The number of carbonyl (C=O) groups is 1. The number of methoxy groups -OCH3 is 1. The van der Waals surface area contributed by atoms with Gasteiger partial charge in [-0.2, -0.15) is 0 Å². The smallest absolute Gasteiger partial charge is 0.339 e. The van der Waals surface area contributed by atoms with E-state index in [1.807, 2.05) is 22.6 Å². The van der Waals surface area contributed by atoms with Crippen LogP contribution in [0.4, 0.5) is 0 Å². The van der Waals surface area contributed by atoms with Gasteiger partial charge in [0.25, 0.3) is 0 Å². The lowest BCUT2D eigenvalue weighted by Gasteiger charge is -2.06. The maximum absolute atomic E-state index is 10.7. The zero-order valence-electron chi connectivity index (χ0n) is 6.67. The van der Waals surface area contributed by atoms with Crippen molar-refractivity contribution in [2.45, 2.75) is 0 Å². The van der Waals surface area contributed by atoms with Crippen LogP contribution in [0.2, 0.25) is 5.02 Å². The van der Waals surface area contributed by atoms with Crippen LogP contribution in [0.3, 0.4) is 0 Å². The Kier molecular flexibility index (Phi) is 3.38. The highest BCUT2D eigenvalue weighted by atomic mass is 127. The molecule has 0 saturated heterocycles. The van der Waals surface area contributed by atoms with E-state index in [4.69, 9.17) is 21.4 Å². The van der Waals surface area contributed by atoms with Crippen molar-refractivity contribution >= 4 is 40.2 Å². The summed E-state index contributed by atoms with van der Waals surface area (Å²) in [7, 11) is 1.41. The molecule has 1 rings (SSSR count). The van der Waals surface area contributed by atoms with Crippen LogP contribution in [-0.4, -0.2) is 18.2 Å². The van der Waals surface area contributed by atoms with Gasteiger partial charge < -0.3 is 9.84 Å². The molecule has 0 radical (unpaired) electrons. The number of ether oxygens (including phenoxy) is 1. The summed E-state index contributed by atoms with van der Waals surface area (Å²) in [4.78, 5) is 10.7. The monoisotopic (exact) mass is 312 g/mol. The van der Waals surface area contributed by atoms with Gasteiger partial charge in [-0.3, -0.25) is 0 Å². The minimum atomic E-state index is -1.02. The SMILES string of the molecule is COc1cc(Cl)c(I)cc1C(=O)O. The van der Waals surface area contributed by atoms with Gasteiger partial charge in [-0.25, -0.2) is 4.79 Å². The fraction of sp³-hybridized carbons (Fsp3) is 0.125. The van der Waals surface area contributed by atoms with E-state index in [-0.39, 0.29) is 11.3 Å². The molecule has 0 aliphatic carbocycles. The summed E-state index contributed by atoms with van der Waals surface area (Å²) in [5.74, 6) is -0.746. The highest BCUT2D eigenvalue weighted by Crippen LogP contribution is 2.28. The predicted molar refractivity (Wildman–Crippen MR) is 57.7 cm³/mol. The lowest BCUT2D eigenvalue weighted by atomic mass is 10.2. The highest BCUT2D eigenvalue weighted by molar-refractivity contribution is 14.1. The Morgan fingerprint density at radius 1 is 1.62 bits per heavy atom. The minimum Gasteiger partial charge on any atom is -0.496 e. The van der Waals surface area contributed by atoms with Crippen molar-refractivity contribution in [1.29, 1.82) is 0 Å². The first kappa shape index (κ1) is 10.6. The van der Waals surface area contributed by atoms with Crippen LogP contribution in [0.1, 0.15) is 10.4 Å². The van der Waals surface area contributed by atoms with Crippen molar-refractivity contribution in [1.82, 2.24) is 0 Å². The van der Waals surface area contributed by atoms with Crippen LogP contribution >= 0.6 is 34.2 Å². The van der Waals surface area contributed by atoms with Gasteiger partial charge in [0, 0.05) is 9.64 Å². The minimum absolute atomic E-state index is 0.122. The van der Waals surface area contributed by atoms with Crippen LogP contribution in [0.25, 0.3) is 0 Å². The van der Waals surface area contributed by atoms with E-state index in [0.717, 1.165) is 0 Å². The second kappa shape index (κ2) is 4.15. The Hall–Kier alpha value is -0.490. The first-order valence-corrected chi connectivity index (χ1v) is 4.78. The summed E-state index contributed by atoms with van der Waals surface area (Å²) < 4.78 is 5.57. The van der Waals surface area contributed by atoms with E-state index in [1.165, 1.54) is 19.2 Å². The third-order valence-corrected chi connectivity index (χ3v) is 3.00. The molecule has 0 saturated carbocycles. The van der Waals surface area contributed by atoms with Crippen molar-refractivity contribution < 1.29 is 14.6 Å². The first-order chi connectivity index (χ1) is 6.06. The van der Waals surface area contributed by atoms with Gasteiger partial charge in [0.2, 0.25) is 0 Å². The van der Waals surface area contributed by atoms with Crippen LogP contribution in [0.5, 0.6) is 5.75 Å². The average molecular weight is 312 g/mol. The van der Waals surface area contributed by atoms with Crippen LogP contribution in [0.15, 0.2) is 12.1 Å². The normalized spacial score (nSPS) is 9.77. The van der Waals surface area contributed by atoms with Crippen LogP contribution < -0.4 is 4.74 Å². The topological polar surface area (TPSA) is 46.5 Å². The number of aromatic carboxylic acids is 1. The Morgan fingerprint density at radius 2 is 2.23 bits per heavy atom. The fourth-order valence-electron chi connectivity index (χ4n) is 0.865. The van der Waals surface area contributed by atoms with Crippen LogP contribution in [0, 0.1) is 3.57 Å². The standard InChI is InChI=1S/C8H6ClIO3/c1-13-7-3-5(9)6(10)2-4(7)8(11)12/h2-3H,1H3,(H,11,12). The van der Waals surface area contributed by atoms with Gasteiger partial charge in [0.1, 0.15) is 11.3 Å². The lowest BCUT2D eigenvalue weighted by Crippen LogP contribution is -2.01. The van der Waals surface area contributed by atoms with Crippen molar-refractivity contribution in [2.24, 2.45) is 0 Å². The molecule has 0 amide bonds. The molecule has 0 heterocycles. The summed E-state index contributed by atoms with van der Waals surface area (Å²) in [6, 6.07) is 2.97. The summed E-state index contributed by atoms with van der Waals surface area (Å²) in [5.41, 5.74) is 0.122. The Morgan fingerprint density at radius 3 is 2.69 bits per heavy atom. The molecule has 0 spiro atoms. The Bertz CT molecular complexity index is 351. The summed E-state index contributed by atoms with van der Waals surface area (Å²) in [5, 5.41) is 9.27. The molecule has 3 nitrogen and oxygen atoms in total. The quantitative estimate of drug-likeness (QED) is 0.854. The van der Waals surface area contributed by atoms with Gasteiger partial charge in [-0.15, -0.1) is 0 Å². The van der Waals surface area contributed by atoms with E-state index < -0.39 is 5.97 Å².